The second-order valence-electron chi connectivity index (χ2n) is 8.47. The molecule has 2 fully saturated rings. The molecule has 0 bridgehead atoms. The van der Waals surface area contributed by atoms with Gasteiger partial charge in [-0.05, 0) is 50.2 Å². The van der Waals surface area contributed by atoms with E-state index in [4.69, 9.17) is 0 Å². The molecule has 1 spiro atoms. The number of amides is 1. The zero-order valence-electron chi connectivity index (χ0n) is 17.1. The molecule has 1 atom stereocenters. The van der Waals surface area contributed by atoms with E-state index in [1.807, 2.05) is 4.90 Å². The molecule has 3 aromatic heterocycles. The van der Waals surface area contributed by atoms with E-state index in [1.165, 1.54) is 15.4 Å². The number of piperidine rings is 1. The molecule has 0 radical (unpaired) electrons. The van der Waals surface area contributed by atoms with Crippen molar-refractivity contribution in [3.05, 3.63) is 46.1 Å². The minimum Gasteiger partial charge on any atom is -0.338 e. The molecule has 1 saturated carbocycles. The maximum Gasteiger partial charge on any atom is 0.276 e. The molecule has 1 N–H and O–H groups in total. The van der Waals surface area contributed by atoms with Crippen LogP contribution in [-0.2, 0) is 0 Å². The van der Waals surface area contributed by atoms with Gasteiger partial charge in [-0.25, -0.2) is 9.20 Å². The first-order valence-corrected chi connectivity index (χ1v) is 10.3. The van der Waals surface area contributed by atoms with Crippen molar-refractivity contribution in [2.45, 2.75) is 39.5 Å². The SMILES string of the molecule is CCC1(C#N)CC12CCN(C(=O)c1cnn(-c3nn4cccc4c(=O)[nH]3)c1C)CC2. The number of hydrogen-bond donors (Lipinski definition) is 1. The van der Waals surface area contributed by atoms with Gasteiger partial charge in [0.15, 0.2) is 0 Å². The minimum atomic E-state index is -0.268. The van der Waals surface area contributed by atoms with Crippen LogP contribution in [0.5, 0.6) is 0 Å². The molecule has 0 aromatic carbocycles. The highest BCUT2D eigenvalue weighted by atomic mass is 16.2. The fourth-order valence-electron chi connectivity index (χ4n) is 5.09. The number of nitrogens with one attached hydrogen (secondary N) is 1. The van der Waals surface area contributed by atoms with Crippen molar-refractivity contribution < 1.29 is 4.79 Å². The van der Waals surface area contributed by atoms with E-state index in [2.05, 4.69) is 28.2 Å². The molecular weight excluding hydrogens is 382 g/mol. The van der Waals surface area contributed by atoms with E-state index < -0.39 is 0 Å². The second kappa shape index (κ2) is 6.29. The molecule has 30 heavy (non-hydrogen) atoms. The molecule has 1 aliphatic carbocycles. The van der Waals surface area contributed by atoms with Crippen LogP contribution < -0.4 is 5.56 Å². The zero-order chi connectivity index (χ0) is 21.1. The fourth-order valence-corrected chi connectivity index (χ4v) is 5.09. The molecule has 4 heterocycles. The summed E-state index contributed by atoms with van der Waals surface area (Å²) >= 11 is 0. The Balaban J connectivity index is 1.37. The highest BCUT2D eigenvalue weighted by Gasteiger charge is 2.67. The molecule has 9 nitrogen and oxygen atoms in total. The molecule has 9 heteroatoms. The van der Waals surface area contributed by atoms with Crippen LogP contribution in [0.3, 0.4) is 0 Å². The summed E-state index contributed by atoms with van der Waals surface area (Å²) in [5.41, 5.74) is 1.19. The number of nitriles is 1. The van der Waals surface area contributed by atoms with E-state index in [-0.39, 0.29) is 28.2 Å². The van der Waals surface area contributed by atoms with Crippen molar-refractivity contribution in [2.75, 3.05) is 13.1 Å². The lowest BCUT2D eigenvalue weighted by molar-refractivity contribution is 0.0657. The Morgan fingerprint density at radius 3 is 2.80 bits per heavy atom. The number of rotatable bonds is 3. The summed E-state index contributed by atoms with van der Waals surface area (Å²) in [4.78, 5) is 30.0. The summed E-state index contributed by atoms with van der Waals surface area (Å²) in [7, 11) is 0. The first kappa shape index (κ1) is 18.6. The van der Waals surface area contributed by atoms with E-state index >= 15 is 0 Å². The average molecular weight is 405 g/mol. The van der Waals surface area contributed by atoms with E-state index in [1.54, 1.807) is 25.3 Å². The van der Waals surface area contributed by atoms with Crippen molar-refractivity contribution in [1.82, 2.24) is 29.3 Å². The Hall–Kier alpha value is -3.41. The standard InChI is InChI=1S/C21H23N7O2/c1-3-20(13-22)12-21(20)6-9-26(10-7-21)18(30)15-11-23-28(14(15)2)19-24-17(29)16-5-4-8-27(16)25-19/h4-5,8,11H,3,6-7,9-10,12H2,1-2H3,(H,24,25,29). The monoisotopic (exact) mass is 405 g/mol. The molecule has 1 aliphatic heterocycles. The third-order valence-corrected chi connectivity index (χ3v) is 7.19. The molecule has 154 valence electrons. The Kier molecular flexibility index (Phi) is 3.90. The summed E-state index contributed by atoms with van der Waals surface area (Å²) in [5, 5.41) is 18.3. The second-order valence-corrected chi connectivity index (χ2v) is 8.47. The predicted molar refractivity (Wildman–Crippen MR) is 108 cm³/mol. The van der Waals surface area contributed by atoms with Gasteiger partial charge in [-0.1, -0.05) is 6.92 Å². The number of aromatic amines is 1. The third-order valence-electron chi connectivity index (χ3n) is 7.19. The van der Waals surface area contributed by atoms with Crippen molar-refractivity contribution >= 4 is 11.4 Å². The lowest BCUT2D eigenvalue weighted by atomic mass is 9.83. The fraction of sp³-hybridized carbons (Fsp3) is 0.476. The molecule has 5 rings (SSSR count). The van der Waals surface area contributed by atoms with Crippen molar-refractivity contribution in [3.63, 3.8) is 0 Å². The van der Waals surface area contributed by atoms with Crippen LogP contribution in [0.1, 0.15) is 48.7 Å². The van der Waals surface area contributed by atoms with Crippen LogP contribution in [0, 0.1) is 29.1 Å². The quantitative estimate of drug-likeness (QED) is 0.717. The topological polar surface area (TPSA) is 112 Å². The van der Waals surface area contributed by atoms with Gasteiger partial charge in [0.2, 0.25) is 5.95 Å². The Morgan fingerprint density at radius 1 is 1.37 bits per heavy atom. The number of hydrogen-bond acceptors (Lipinski definition) is 5. The predicted octanol–water partition coefficient (Wildman–Crippen LogP) is 2.06. The lowest BCUT2D eigenvalue weighted by Gasteiger charge is -2.34. The Labute approximate surface area is 172 Å². The Bertz CT molecular complexity index is 1250. The Morgan fingerprint density at radius 2 is 2.13 bits per heavy atom. The highest BCUT2D eigenvalue weighted by molar-refractivity contribution is 5.95. The van der Waals surface area contributed by atoms with E-state index in [0.29, 0.717) is 29.9 Å². The molecule has 2 aliphatic rings. The molecule has 1 amide bonds. The van der Waals surface area contributed by atoms with Gasteiger partial charge in [0.05, 0.1) is 28.9 Å². The van der Waals surface area contributed by atoms with Gasteiger partial charge < -0.3 is 4.90 Å². The third kappa shape index (κ3) is 2.46. The van der Waals surface area contributed by atoms with Gasteiger partial charge in [-0.3, -0.25) is 14.6 Å². The van der Waals surface area contributed by atoms with Gasteiger partial charge in [0.25, 0.3) is 11.5 Å². The van der Waals surface area contributed by atoms with Gasteiger partial charge in [0, 0.05) is 19.3 Å². The first-order valence-electron chi connectivity index (χ1n) is 10.3. The maximum atomic E-state index is 13.1. The van der Waals surface area contributed by atoms with Crippen LogP contribution in [0.2, 0.25) is 0 Å². The molecular formula is C21H23N7O2. The number of fused-ring (bicyclic) bond motifs is 1. The smallest absolute Gasteiger partial charge is 0.276 e. The number of aromatic nitrogens is 5. The number of carbonyl (C=O) groups excluding carboxylic acids is 1. The summed E-state index contributed by atoms with van der Waals surface area (Å²) in [6.07, 6.45) is 6.79. The molecule has 1 unspecified atom stereocenters. The molecule has 1 saturated heterocycles. The van der Waals surface area contributed by atoms with Crippen LogP contribution >= 0.6 is 0 Å². The lowest BCUT2D eigenvalue weighted by Crippen LogP contribution is -2.40. The number of likely N-dealkylation sites (tertiary alicyclic amines) is 1. The van der Waals surface area contributed by atoms with Gasteiger partial charge >= 0.3 is 0 Å². The summed E-state index contributed by atoms with van der Waals surface area (Å²) in [6.45, 7) is 5.18. The van der Waals surface area contributed by atoms with Crippen molar-refractivity contribution in [2.24, 2.45) is 10.8 Å². The number of H-pyrrole nitrogens is 1. The highest BCUT2D eigenvalue weighted by Crippen LogP contribution is 2.70. The maximum absolute atomic E-state index is 13.1. The minimum absolute atomic E-state index is 0.0716. The van der Waals surface area contributed by atoms with Crippen LogP contribution in [0.25, 0.3) is 11.5 Å². The number of carbonyl (C=O) groups is 1. The van der Waals surface area contributed by atoms with Crippen LogP contribution in [-0.4, -0.2) is 48.3 Å². The van der Waals surface area contributed by atoms with Gasteiger partial charge in [-0.2, -0.15) is 10.4 Å². The van der Waals surface area contributed by atoms with Gasteiger partial charge in [0.1, 0.15) is 5.52 Å². The largest absolute Gasteiger partial charge is 0.338 e. The zero-order valence-corrected chi connectivity index (χ0v) is 17.1. The van der Waals surface area contributed by atoms with Gasteiger partial charge in [-0.15, -0.1) is 5.10 Å². The average Bonchev–Trinajstić information content (AvgIpc) is 3.05. The first-order chi connectivity index (χ1) is 14.4. The van der Waals surface area contributed by atoms with E-state index in [9.17, 15) is 14.9 Å². The number of nitrogens with zero attached hydrogens (tertiary/aromatic N) is 6. The summed E-state index contributed by atoms with van der Waals surface area (Å²) in [5.74, 6) is 0.190. The van der Waals surface area contributed by atoms with Crippen LogP contribution in [0.15, 0.2) is 29.3 Å². The molecule has 3 aromatic rings. The normalized spacial score (nSPS) is 22.4. The summed E-state index contributed by atoms with van der Waals surface area (Å²) < 4.78 is 2.98. The van der Waals surface area contributed by atoms with E-state index in [0.717, 1.165) is 25.7 Å². The summed E-state index contributed by atoms with van der Waals surface area (Å²) in [6, 6.07) is 5.96. The van der Waals surface area contributed by atoms with Crippen LogP contribution in [0.4, 0.5) is 0 Å². The van der Waals surface area contributed by atoms with Crippen molar-refractivity contribution in [1.29, 1.82) is 5.26 Å². The van der Waals surface area contributed by atoms with Crippen molar-refractivity contribution in [3.8, 4) is 12.0 Å².